The minimum Gasteiger partial charge on any atom is -0.486 e. The van der Waals surface area contributed by atoms with Gasteiger partial charge in [-0.05, 0) is 30.9 Å². The van der Waals surface area contributed by atoms with Gasteiger partial charge in [-0.2, -0.15) is 0 Å². The van der Waals surface area contributed by atoms with Crippen LogP contribution < -0.4 is 9.47 Å². The van der Waals surface area contributed by atoms with Crippen LogP contribution in [0.25, 0.3) is 5.57 Å². The molecule has 78 valence electrons. The van der Waals surface area contributed by atoms with Gasteiger partial charge in [0.2, 0.25) is 0 Å². The molecule has 0 amide bonds. The number of fused-ring (bicyclic) bond motifs is 1. The Bertz CT molecular complexity index is 407. The van der Waals surface area contributed by atoms with E-state index in [1.807, 2.05) is 12.1 Å². The summed E-state index contributed by atoms with van der Waals surface area (Å²) < 4.78 is 11.3. The van der Waals surface area contributed by atoms with E-state index in [-0.39, 0.29) is 0 Å². The van der Waals surface area contributed by atoms with Crippen molar-refractivity contribution in [3.63, 3.8) is 0 Å². The lowest BCUT2D eigenvalue weighted by molar-refractivity contribution is 0.171. The highest BCUT2D eigenvalue weighted by Crippen LogP contribution is 2.40. The van der Waals surface area contributed by atoms with Gasteiger partial charge < -0.3 is 9.47 Å². The van der Waals surface area contributed by atoms with E-state index in [1.54, 1.807) is 0 Å². The number of ether oxygens (including phenoxy) is 2. The van der Waals surface area contributed by atoms with Gasteiger partial charge in [0, 0.05) is 5.56 Å². The predicted octanol–water partition coefficient (Wildman–Crippen LogP) is 3.03. The molecule has 2 heteroatoms. The average molecular weight is 202 g/mol. The molecule has 1 aromatic carbocycles. The molecule has 2 nitrogen and oxygen atoms in total. The molecule has 3 rings (SSSR count). The highest BCUT2D eigenvalue weighted by Gasteiger charge is 2.18. The smallest absolute Gasteiger partial charge is 0.168 e. The van der Waals surface area contributed by atoms with E-state index in [0.29, 0.717) is 13.2 Å². The van der Waals surface area contributed by atoms with E-state index in [4.69, 9.17) is 9.47 Å². The molecule has 0 saturated carbocycles. The average Bonchev–Trinajstić information content (AvgIpc) is 2.82. The molecule has 0 saturated heterocycles. The van der Waals surface area contributed by atoms with E-state index in [9.17, 15) is 0 Å². The maximum absolute atomic E-state index is 5.70. The fraction of sp³-hybridized carbons (Fsp3) is 0.385. The summed E-state index contributed by atoms with van der Waals surface area (Å²) in [5.74, 6) is 1.84. The van der Waals surface area contributed by atoms with Crippen LogP contribution in [0.3, 0.4) is 0 Å². The minimum atomic E-state index is 0.662. The van der Waals surface area contributed by atoms with Crippen LogP contribution in [0, 0.1) is 0 Å². The van der Waals surface area contributed by atoms with Crippen molar-refractivity contribution in [1.29, 1.82) is 0 Å². The van der Waals surface area contributed by atoms with E-state index in [2.05, 4.69) is 12.1 Å². The van der Waals surface area contributed by atoms with Crippen LogP contribution in [0.15, 0.2) is 24.3 Å². The molecule has 1 aromatic rings. The fourth-order valence-electron chi connectivity index (χ4n) is 2.24. The molecule has 1 aliphatic heterocycles. The van der Waals surface area contributed by atoms with Crippen molar-refractivity contribution in [2.75, 3.05) is 13.2 Å². The lowest BCUT2D eigenvalue weighted by atomic mass is 10.0. The van der Waals surface area contributed by atoms with Crippen LogP contribution in [-0.4, -0.2) is 13.2 Å². The topological polar surface area (TPSA) is 18.5 Å². The highest BCUT2D eigenvalue weighted by molar-refractivity contribution is 5.74. The molecule has 0 spiro atoms. The Labute approximate surface area is 89.5 Å². The second-order valence-electron chi connectivity index (χ2n) is 3.95. The molecule has 2 aliphatic rings. The van der Waals surface area contributed by atoms with Crippen molar-refractivity contribution in [2.24, 2.45) is 0 Å². The third-order valence-electron chi connectivity index (χ3n) is 2.95. The first-order chi connectivity index (χ1) is 7.45. The van der Waals surface area contributed by atoms with Gasteiger partial charge in [0.1, 0.15) is 13.2 Å². The van der Waals surface area contributed by atoms with Crippen molar-refractivity contribution in [3.8, 4) is 11.5 Å². The monoisotopic (exact) mass is 202 g/mol. The Hall–Kier alpha value is -1.44. The van der Waals surface area contributed by atoms with Crippen molar-refractivity contribution in [3.05, 3.63) is 29.8 Å². The van der Waals surface area contributed by atoms with Crippen LogP contribution in [0.4, 0.5) is 0 Å². The van der Waals surface area contributed by atoms with Crippen LogP contribution in [0.2, 0.25) is 0 Å². The van der Waals surface area contributed by atoms with Gasteiger partial charge >= 0.3 is 0 Å². The van der Waals surface area contributed by atoms with Crippen molar-refractivity contribution >= 4 is 5.57 Å². The first-order valence-electron chi connectivity index (χ1n) is 5.53. The van der Waals surface area contributed by atoms with Gasteiger partial charge in [-0.3, -0.25) is 0 Å². The number of benzene rings is 1. The summed E-state index contributed by atoms with van der Waals surface area (Å²) in [5, 5.41) is 0. The van der Waals surface area contributed by atoms with Crippen LogP contribution in [-0.2, 0) is 0 Å². The first-order valence-corrected chi connectivity index (χ1v) is 5.53. The maximum Gasteiger partial charge on any atom is 0.168 e. The van der Waals surface area contributed by atoms with Crippen molar-refractivity contribution in [1.82, 2.24) is 0 Å². The summed E-state index contributed by atoms with van der Waals surface area (Å²) in [5.41, 5.74) is 2.64. The SMILES string of the molecule is C1=C(c2cccc3c2OCCO3)CCC1. The molecular weight excluding hydrogens is 188 g/mol. The van der Waals surface area contributed by atoms with Gasteiger partial charge in [0.15, 0.2) is 11.5 Å². The highest BCUT2D eigenvalue weighted by atomic mass is 16.6. The van der Waals surface area contributed by atoms with Crippen LogP contribution in [0.1, 0.15) is 24.8 Å². The second-order valence-corrected chi connectivity index (χ2v) is 3.95. The molecule has 0 atom stereocenters. The molecule has 15 heavy (non-hydrogen) atoms. The first kappa shape index (κ1) is 8.84. The molecule has 0 radical (unpaired) electrons. The summed E-state index contributed by atoms with van der Waals surface area (Å²) in [4.78, 5) is 0. The molecule has 0 bridgehead atoms. The molecule has 0 N–H and O–H groups in total. The Morgan fingerprint density at radius 1 is 1.07 bits per heavy atom. The van der Waals surface area contributed by atoms with Crippen molar-refractivity contribution in [2.45, 2.75) is 19.3 Å². The zero-order chi connectivity index (χ0) is 10.1. The molecule has 0 fully saturated rings. The van der Waals surface area contributed by atoms with Gasteiger partial charge in [0.25, 0.3) is 0 Å². The fourth-order valence-corrected chi connectivity index (χ4v) is 2.24. The molecule has 0 aromatic heterocycles. The standard InChI is InChI=1S/C13H14O2/c1-2-5-10(4-1)11-6-3-7-12-13(11)15-9-8-14-12/h3-4,6-7H,1-2,5,8-9H2. The summed E-state index contributed by atoms with van der Waals surface area (Å²) in [6.45, 7) is 1.33. The number of hydrogen-bond acceptors (Lipinski definition) is 2. The number of rotatable bonds is 1. The lowest BCUT2D eigenvalue weighted by Crippen LogP contribution is -2.16. The summed E-state index contributed by atoms with van der Waals surface area (Å²) in [7, 11) is 0. The summed E-state index contributed by atoms with van der Waals surface area (Å²) in [6.07, 6.45) is 5.94. The normalized spacial score (nSPS) is 18.8. The number of hydrogen-bond donors (Lipinski definition) is 0. The maximum atomic E-state index is 5.70. The molecule has 0 unspecified atom stereocenters. The van der Waals surface area contributed by atoms with E-state index in [0.717, 1.165) is 11.5 Å². The quantitative estimate of drug-likeness (QED) is 0.697. The summed E-state index contributed by atoms with van der Waals surface area (Å²) >= 11 is 0. The third-order valence-corrected chi connectivity index (χ3v) is 2.95. The van der Waals surface area contributed by atoms with Gasteiger partial charge in [-0.15, -0.1) is 0 Å². The Morgan fingerprint density at radius 3 is 2.87 bits per heavy atom. The van der Waals surface area contributed by atoms with Gasteiger partial charge in [-0.25, -0.2) is 0 Å². The third kappa shape index (κ3) is 1.50. The Morgan fingerprint density at radius 2 is 2.00 bits per heavy atom. The van der Waals surface area contributed by atoms with E-state index >= 15 is 0 Å². The van der Waals surface area contributed by atoms with E-state index in [1.165, 1.54) is 30.4 Å². The number of para-hydroxylation sites is 1. The Balaban J connectivity index is 2.06. The van der Waals surface area contributed by atoms with Crippen LogP contribution >= 0.6 is 0 Å². The lowest BCUT2D eigenvalue weighted by Gasteiger charge is -2.21. The Kier molecular flexibility index (Phi) is 2.13. The molecule has 1 heterocycles. The van der Waals surface area contributed by atoms with Gasteiger partial charge in [-0.1, -0.05) is 18.2 Å². The molecular formula is C13H14O2. The zero-order valence-corrected chi connectivity index (χ0v) is 8.66. The van der Waals surface area contributed by atoms with Gasteiger partial charge in [0.05, 0.1) is 0 Å². The van der Waals surface area contributed by atoms with Crippen molar-refractivity contribution < 1.29 is 9.47 Å². The minimum absolute atomic E-state index is 0.662. The molecule has 1 aliphatic carbocycles. The van der Waals surface area contributed by atoms with Crippen LogP contribution in [0.5, 0.6) is 11.5 Å². The number of allylic oxidation sites excluding steroid dienone is 2. The van der Waals surface area contributed by atoms with E-state index < -0.39 is 0 Å². The second kappa shape index (κ2) is 3.61. The summed E-state index contributed by atoms with van der Waals surface area (Å²) in [6, 6.07) is 6.15. The zero-order valence-electron chi connectivity index (χ0n) is 8.66. The predicted molar refractivity (Wildman–Crippen MR) is 59.3 cm³/mol. The largest absolute Gasteiger partial charge is 0.486 e.